The summed E-state index contributed by atoms with van der Waals surface area (Å²) >= 11 is 0. The molecule has 30 heavy (non-hydrogen) atoms. The van der Waals surface area contributed by atoms with E-state index in [-0.39, 0.29) is 33.7 Å². The molecule has 0 unspecified atom stereocenters. The molecule has 0 aliphatic carbocycles. The number of pyridine rings is 1. The van der Waals surface area contributed by atoms with Gasteiger partial charge in [0.15, 0.2) is 0 Å². The first-order valence-electron chi connectivity index (χ1n) is 8.57. The minimum atomic E-state index is -4.55. The summed E-state index contributed by atoms with van der Waals surface area (Å²) in [4.78, 5) is 16.2. The maximum absolute atomic E-state index is 13.0. The van der Waals surface area contributed by atoms with Crippen LogP contribution in [0.4, 0.5) is 24.5 Å². The maximum Gasteiger partial charge on any atom is 0.416 e. The number of carbonyl (C=O) groups is 1. The van der Waals surface area contributed by atoms with Gasteiger partial charge in [0.1, 0.15) is 5.56 Å². The molecule has 158 valence electrons. The predicted octanol–water partition coefficient (Wildman–Crippen LogP) is 3.82. The SMILES string of the molecule is CCOC(=O)c1cnc2cc(C(F)(F)F)ccc2c1Nc1ccc(S(N)(=O)=O)cc1. The maximum atomic E-state index is 13.0. The first kappa shape index (κ1) is 21.5. The lowest BCUT2D eigenvalue weighted by Gasteiger charge is -2.15. The zero-order chi connectivity index (χ0) is 22.1. The lowest BCUT2D eigenvalue weighted by molar-refractivity contribution is -0.137. The molecule has 3 rings (SSSR count). The number of nitrogens with zero attached hydrogens (tertiary/aromatic N) is 1. The molecule has 0 atom stereocenters. The van der Waals surface area contributed by atoms with Crippen LogP contribution in [0.5, 0.6) is 0 Å². The van der Waals surface area contributed by atoms with Crippen LogP contribution in [0.2, 0.25) is 0 Å². The second-order valence-corrected chi connectivity index (χ2v) is 7.75. The average Bonchev–Trinajstić information content (AvgIpc) is 2.67. The molecule has 0 saturated heterocycles. The minimum Gasteiger partial charge on any atom is -0.462 e. The molecule has 0 radical (unpaired) electrons. The number of hydrogen-bond donors (Lipinski definition) is 2. The highest BCUT2D eigenvalue weighted by Gasteiger charge is 2.31. The zero-order valence-electron chi connectivity index (χ0n) is 15.5. The van der Waals surface area contributed by atoms with E-state index in [1.54, 1.807) is 6.92 Å². The van der Waals surface area contributed by atoms with Gasteiger partial charge in [0.25, 0.3) is 0 Å². The van der Waals surface area contributed by atoms with Crippen molar-refractivity contribution in [3.8, 4) is 0 Å². The summed E-state index contributed by atoms with van der Waals surface area (Å²) in [5.41, 5.74) is -0.299. The number of nitrogens with two attached hydrogens (primary N) is 1. The number of sulfonamides is 1. The standard InChI is InChI=1S/C19H16F3N3O4S/c1-2-29-18(26)15-10-24-16-9-11(19(20,21)22)3-8-14(16)17(15)25-12-4-6-13(7-5-12)30(23,27)28/h3-10H,2H2,1H3,(H,24,25)(H2,23,27,28). The molecule has 1 aromatic heterocycles. The largest absolute Gasteiger partial charge is 0.462 e. The molecule has 3 aromatic rings. The molecule has 0 aliphatic rings. The van der Waals surface area contributed by atoms with Gasteiger partial charge < -0.3 is 10.1 Å². The third-order valence-corrected chi connectivity index (χ3v) is 5.07. The molecule has 11 heteroatoms. The van der Waals surface area contributed by atoms with E-state index in [9.17, 15) is 26.4 Å². The zero-order valence-corrected chi connectivity index (χ0v) is 16.3. The summed E-state index contributed by atoms with van der Waals surface area (Å²) < 4.78 is 66.9. The first-order chi connectivity index (χ1) is 14.0. The number of fused-ring (bicyclic) bond motifs is 1. The van der Waals surface area contributed by atoms with Crippen molar-refractivity contribution in [2.75, 3.05) is 11.9 Å². The molecule has 7 nitrogen and oxygen atoms in total. The number of halogens is 3. The van der Waals surface area contributed by atoms with Gasteiger partial charge in [-0.1, -0.05) is 6.07 Å². The molecule has 0 aliphatic heterocycles. The van der Waals surface area contributed by atoms with Crippen LogP contribution >= 0.6 is 0 Å². The number of ether oxygens (including phenoxy) is 1. The number of rotatable bonds is 5. The predicted molar refractivity (Wildman–Crippen MR) is 104 cm³/mol. The first-order valence-corrected chi connectivity index (χ1v) is 10.1. The molecular formula is C19H16F3N3O4S. The number of carbonyl (C=O) groups excluding carboxylic acids is 1. The molecule has 0 spiro atoms. The van der Waals surface area contributed by atoms with Crippen LogP contribution in [-0.2, 0) is 20.9 Å². The highest BCUT2D eigenvalue weighted by molar-refractivity contribution is 7.89. The Hall–Kier alpha value is -3.18. The Kier molecular flexibility index (Phi) is 5.68. The Balaban J connectivity index is 2.13. The Morgan fingerprint density at radius 1 is 1.17 bits per heavy atom. The quantitative estimate of drug-likeness (QED) is 0.585. The van der Waals surface area contributed by atoms with Crippen LogP contribution < -0.4 is 10.5 Å². The monoisotopic (exact) mass is 439 g/mol. The average molecular weight is 439 g/mol. The Labute approximate surface area is 169 Å². The van der Waals surface area contributed by atoms with Crippen molar-refractivity contribution in [1.82, 2.24) is 4.98 Å². The topological polar surface area (TPSA) is 111 Å². The van der Waals surface area contributed by atoms with Crippen molar-refractivity contribution in [2.45, 2.75) is 18.0 Å². The van der Waals surface area contributed by atoms with E-state index >= 15 is 0 Å². The van der Waals surface area contributed by atoms with E-state index in [0.717, 1.165) is 18.3 Å². The normalized spacial score (nSPS) is 12.0. The number of esters is 1. The molecule has 0 bridgehead atoms. The smallest absolute Gasteiger partial charge is 0.416 e. The summed E-state index contributed by atoms with van der Waals surface area (Å²) in [6.45, 7) is 1.70. The summed E-state index contributed by atoms with van der Waals surface area (Å²) in [6.07, 6.45) is -3.42. The summed E-state index contributed by atoms with van der Waals surface area (Å²) in [7, 11) is -3.89. The number of anilines is 2. The van der Waals surface area contributed by atoms with Gasteiger partial charge in [0.05, 0.1) is 28.3 Å². The second-order valence-electron chi connectivity index (χ2n) is 6.19. The fourth-order valence-corrected chi connectivity index (χ4v) is 3.26. The number of primary sulfonamides is 1. The Bertz CT molecular complexity index is 1210. The van der Waals surface area contributed by atoms with Crippen molar-refractivity contribution in [2.24, 2.45) is 5.14 Å². The number of nitrogens with one attached hydrogen (secondary N) is 1. The molecular weight excluding hydrogens is 423 g/mol. The van der Waals surface area contributed by atoms with Gasteiger partial charge in [-0.05, 0) is 43.3 Å². The highest BCUT2D eigenvalue weighted by Crippen LogP contribution is 2.35. The van der Waals surface area contributed by atoms with Crippen molar-refractivity contribution >= 4 is 38.3 Å². The van der Waals surface area contributed by atoms with Crippen molar-refractivity contribution < 1.29 is 31.1 Å². The third kappa shape index (κ3) is 4.52. The molecule has 0 amide bonds. The minimum absolute atomic E-state index is 0.0135. The van der Waals surface area contributed by atoms with Crippen molar-refractivity contribution in [3.63, 3.8) is 0 Å². The van der Waals surface area contributed by atoms with Gasteiger partial charge in [-0.25, -0.2) is 18.4 Å². The van der Waals surface area contributed by atoms with E-state index in [2.05, 4.69) is 10.3 Å². The Morgan fingerprint density at radius 3 is 2.40 bits per heavy atom. The highest BCUT2D eigenvalue weighted by atomic mass is 32.2. The summed E-state index contributed by atoms with van der Waals surface area (Å²) in [5.74, 6) is -0.713. The van der Waals surface area contributed by atoms with Crippen LogP contribution in [0.15, 0.2) is 53.6 Å². The van der Waals surface area contributed by atoms with Crippen molar-refractivity contribution in [1.29, 1.82) is 0 Å². The lowest BCUT2D eigenvalue weighted by Crippen LogP contribution is -2.12. The van der Waals surface area contributed by atoms with Gasteiger partial charge in [-0.2, -0.15) is 13.2 Å². The van der Waals surface area contributed by atoms with Crippen LogP contribution in [0.1, 0.15) is 22.8 Å². The lowest BCUT2D eigenvalue weighted by atomic mass is 10.1. The van der Waals surface area contributed by atoms with Crippen LogP contribution in [0, 0.1) is 0 Å². The molecule has 2 aromatic carbocycles. The number of alkyl halides is 3. The number of hydrogen-bond acceptors (Lipinski definition) is 6. The van der Waals surface area contributed by atoms with Crippen LogP contribution in [-0.4, -0.2) is 26.0 Å². The van der Waals surface area contributed by atoms with Gasteiger partial charge >= 0.3 is 12.1 Å². The summed E-state index contributed by atoms with van der Waals surface area (Å²) in [5, 5.41) is 8.26. The molecule has 1 heterocycles. The van der Waals surface area contributed by atoms with E-state index < -0.39 is 27.7 Å². The second kappa shape index (κ2) is 7.92. The van der Waals surface area contributed by atoms with Gasteiger partial charge in [0, 0.05) is 17.3 Å². The number of benzene rings is 2. The number of aromatic nitrogens is 1. The Morgan fingerprint density at radius 2 is 1.83 bits per heavy atom. The fraction of sp³-hybridized carbons (Fsp3) is 0.158. The fourth-order valence-electron chi connectivity index (χ4n) is 2.74. The van der Waals surface area contributed by atoms with Crippen LogP contribution in [0.25, 0.3) is 10.9 Å². The third-order valence-electron chi connectivity index (χ3n) is 4.14. The molecule has 0 saturated carbocycles. The van der Waals surface area contributed by atoms with Crippen LogP contribution in [0.3, 0.4) is 0 Å². The van der Waals surface area contributed by atoms with E-state index in [0.29, 0.717) is 5.69 Å². The molecule has 0 fully saturated rings. The van der Waals surface area contributed by atoms with Crippen molar-refractivity contribution in [3.05, 3.63) is 59.8 Å². The van der Waals surface area contributed by atoms with E-state index in [4.69, 9.17) is 9.88 Å². The van der Waals surface area contributed by atoms with E-state index in [1.807, 2.05) is 0 Å². The van der Waals surface area contributed by atoms with Gasteiger partial charge in [-0.15, -0.1) is 0 Å². The summed E-state index contributed by atoms with van der Waals surface area (Å²) in [6, 6.07) is 8.29. The van der Waals surface area contributed by atoms with E-state index in [1.165, 1.54) is 30.3 Å². The van der Waals surface area contributed by atoms with Gasteiger partial charge in [-0.3, -0.25) is 4.98 Å². The van der Waals surface area contributed by atoms with Gasteiger partial charge in [0.2, 0.25) is 10.0 Å². The molecule has 3 N–H and O–H groups in total.